The lowest BCUT2D eigenvalue weighted by Gasteiger charge is -2.20. The van der Waals surface area contributed by atoms with E-state index in [2.05, 4.69) is 21.0 Å². The zero-order valence-corrected chi connectivity index (χ0v) is 15.1. The summed E-state index contributed by atoms with van der Waals surface area (Å²) in [6.45, 7) is -0.0503. The molecule has 1 atom stereocenters. The highest BCUT2D eigenvalue weighted by atomic mass is 79.9. The second kappa shape index (κ2) is 7.65. The summed E-state index contributed by atoms with van der Waals surface area (Å²) in [5.41, 5.74) is 6.82. The van der Waals surface area contributed by atoms with Gasteiger partial charge in [0, 0.05) is 16.5 Å². The van der Waals surface area contributed by atoms with Crippen molar-refractivity contribution in [2.45, 2.75) is 19.1 Å². The lowest BCUT2D eigenvalue weighted by atomic mass is 10.1. The van der Waals surface area contributed by atoms with Gasteiger partial charge in [-0.05, 0) is 24.3 Å². The molecule has 0 saturated heterocycles. The van der Waals surface area contributed by atoms with Crippen LogP contribution in [-0.2, 0) is 20.9 Å². The minimum atomic E-state index is -0.752. The first-order valence-corrected chi connectivity index (χ1v) is 8.57. The first kappa shape index (κ1) is 18.1. The number of amides is 1. The number of rotatable bonds is 5. The van der Waals surface area contributed by atoms with Crippen molar-refractivity contribution in [1.82, 2.24) is 0 Å². The van der Waals surface area contributed by atoms with E-state index >= 15 is 0 Å². The Kier molecular flexibility index (Phi) is 5.32. The summed E-state index contributed by atoms with van der Waals surface area (Å²) in [5, 5.41) is 5.64. The van der Waals surface area contributed by atoms with Crippen molar-refractivity contribution >= 4 is 39.2 Å². The van der Waals surface area contributed by atoms with Gasteiger partial charge < -0.3 is 10.5 Å². The molecule has 26 heavy (non-hydrogen) atoms. The summed E-state index contributed by atoms with van der Waals surface area (Å²) in [7, 11) is 0. The molecule has 0 bridgehead atoms. The van der Waals surface area contributed by atoms with Crippen LogP contribution < -0.4 is 10.7 Å². The van der Waals surface area contributed by atoms with E-state index in [1.54, 1.807) is 24.3 Å². The second-order valence-electron chi connectivity index (χ2n) is 5.66. The third-order valence-electron chi connectivity index (χ3n) is 3.87. The summed E-state index contributed by atoms with van der Waals surface area (Å²) in [6.07, 6.45) is 0.0631. The number of carbonyl (C=O) groups excluding carboxylic acids is 2. The molecule has 0 aromatic heterocycles. The van der Waals surface area contributed by atoms with Gasteiger partial charge in [-0.25, -0.2) is 9.18 Å². The number of hydrogen-bond donors (Lipinski definition) is 1. The number of carbonyl (C=O) groups is 2. The van der Waals surface area contributed by atoms with Crippen molar-refractivity contribution in [2.24, 2.45) is 10.8 Å². The molecule has 1 amide bonds. The molecule has 1 heterocycles. The summed E-state index contributed by atoms with van der Waals surface area (Å²) in [4.78, 5) is 24.0. The maximum absolute atomic E-state index is 13.1. The number of nitrogens with two attached hydrogens (primary N) is 1. The molecule has 0 radical (unpaired) electrons. The van der Waals surface area contributed by atoms with E-state index < -0.39 is 23.7 Å². The van der Waals surface area contributed by atoms with Gasteiger partial charge in [-0.2, -0.15) is 5.10 Å². The van der Waals surface area contributed by atoms with Crippen molar-refractivity contribution in [3.05, 3.63) is 64.4 Å². The van der Waals surface area contributed by atoms with Gasteiger partial charge in [-0.1, -0.05) is 40.2 Å². The van der Waals surface area contributed by atoms with Crippen LogP contribution in [0.4, 0.5) is 10.1 Å². The van der Waals surface area contributed by atoms with Crippen LogP contribution in [0.25, 0.3) is 0 Å². The number of hydrogen-bond acceptors (Lipinski definition) is 5. The Labute approximate surface area is 157 Å². The molecule has 2 N–H and O–H groups in total. The van der Waals surface area contributed by atoms with Gasteiger partial charge in [0.2, 0.25) is 5.91 Å². The van der Waals surface area contributed by atoms with E-state index in [0.29, 0.717) is 15.7 Å². The van der Waals surface area contributed by atoms with Crippen LogP contribution in [-0.4, -0.2) is 23.6 Å². The summed E-state index contributed by atoms with van der Waals surface area (Å²) >= 11 is 3.22. The number of nitrogens with zero attached hydrogens (tertiary/aromatic N) is 2. The highest BCUT2D eigenvalue weighted by Crippen LogP contribution is 2.25. The van der Waals surface area contributed by atoms with Crippen LogP contribution in [0, 0.1) is 5.82 Å². The molecule has 6 nitrogen and oxygen atoms in total. The molecular formula is C18H15BrFN3O3. The molecule has 0 aliphatic carbocycles. The molecule has 8 heteroatoms. The second-order valence-corrected chi connectivity index (χ2v) is 6.52. The molecule has 134 valence electrons. The van der Waals surface area contributed by atoms with Crippen LogP contribution in [0.5, 0.6) is 0 Å². The molecule has 0 fully saturated rings. The summed E-state index contributed by atoms with van der Waals surface area (Å²) in [5.74, 6) is -1.62. The minimum Gasteiger partial charge on any atom is -0.456 e. The number of hydrazone groups is 1. The van der Waals surface area contributed by atoms with Crippen LogP contribution >= 0.6 is 15.9 Å². The molecule has 1 aliphatic rings. The maximum atomic E-state index is 13.1. The molecule has 0 spiro atoms. The quantitative estimate of drug-likeness (QED) is 0.754. The van der Waals surface area contributed by atoms with Gasteiger partial charge in [-0.3, -0.25) is 9.80 Å². The number of para-hydroxylation sites is 1. The van der Waals surface area contributed by atoms with E-state index in [9.17, 15) is 14.0 Å². The van der Waals surface area contributed by atoms with Gasteiger partial charge in [0.1, 0.15) is 24.2 Å². The summed E-state index contributed by atoms with van der Waals surface area (Å²) in [6, 6.07) is 12.3. The molecule has 1 aliphatic heterocycles. The van der Waals surface area contributed by atoms with E-state index in [-0.39, 0.29) is 18.7 Å². The number of halogens is 2. The van der Waals surface area contributed by atoms with Crippen LogP contribution in [0.15, 0.2) is 58.1 Å². The summed E-state index contributed by atoms with van der Waals surface area (Å²) < 4.78 is 18.9. The highest BCUT2D eigenvalue weighted by Gasteiger charge is 2.35. The van der Waals surface area contributed by atoms with E-state index in [0.717, 1.165) is 0 Å². The topological polar surface area (TPSA) is 85.0 Å². The van der Waals surface area contributed by atoms with Gasteiger partial charge >= 0.3 is 5.97 Å². The number of primary amides is 1. The van der Waals surface area contributed by atoms with Gasteiger partial charge in [0.15, 0.2) is 0 Å². The average Bonchev–Trinajstić information content (AvgIpc) is 3.07. The first-order chi connectivity index (χ1) is 12.5. The highest BCUT2D eigenvalue weighted by molar-refractivity contribution is 9.10. The number of anilines is 1. The first-order valence-electron chi connectivity index (χ1n) is 7.78. The van der Waals surface area contributed by atoms with Crippen molar-refractivity contribution in [3.8, 4) is 0 Å². The Hall–Kier alpha value is -2.74. The Morgan fingerprint density at radius 3 is 2.65 bits per heavy atom. The molecule has 3 rings (SSSR count). The molecule has 2 aromatic rings. The Morgan fingerprint density at radius 2 is 2.00 bits per heavy atom. The Morgan fingerprint density at radius 1 is 1.27 bits per heavy atom. The largest absolute Gasteiger partial charge is 0.456 e. The van der Waals surface area contributed by atoms with Crippen LogP contribution in [0.2, 0.25) is 0 Å². The zero-order chi connectivity index (χ0) is 18.7. The average molecular weight is 420 g/mol. The lowest BCUT2D eigenvalue weighted by Crippen LogP contribution is -2.39. The number of esters is 1. The fourth-order valence-electron chi connectivity index (χ4n) is 2.54. The zero-order valence-electron chi connectivity index (χ0n) is 13.6. The number of ether oxygens (including phenoxy) is 1. The standard InChI is InChI=1S/C18H15BrFN3O3/c19-14-8-12(20)7-6-11(14)10-26-18(25)15-9-16(17(21)24)23(22-15)13-4-2-1-3-5-13/h1-8,16H,9-10H2,(H2,21,24)/t16-/m0/s1. The normalized spacial score (nSPS) is 16.3. The molecule has 0 unspecified atom stereocenters. The van der Waals surface area contributed by atoms with Gasteiger partial charge in [-0.15, -0.1) is 0 Å². The van der Waals surface area contributed by atoms with Crippen molar-refractivity contribution in [3.63, 3.8) is 0 Å². The van der Waals surface area contributed by atoms with E-state index in [1.807, 2.05) is 6.07 Å². The van der Waals surface area contributed by atoms with Crippen LogP contribution in [0.1, 0.15) is 12.0 Å². The van der Waals surface area contributed by atoms with Crippen LogP contribution in [0.3, 0.4) is 0 Å². The monoisotopic (exact) mass is 419 g/mol. The predicted octanol–water partition coefficient (Wildman–Crippen LogP) is 2.75. The van der Waals surface area contributed by atoms with E-state index in [4.69, 9.17) is 10.5 Å². The SMILES string of the molecule is NC(=O)[C@@H]1CC(C(=O)OCc2ccc(F)cc2Br)=NN1c1ccccc1. The fraction of sp³-hybridized carbons (Fsp3) is 0.167. The van der Waals surface area contributed by atoms with Crippen molar-refractivity contribution < 1.29 is 18.7 Å². The van der Waals surface area contributed by atoms with Crippen molar-refractivity contribution in [2.75, 3.05) is 5.01 Å². The predicted molar refractivity (Wildman–Crippen MR) is 97.9 cm³/mol. The molecule has 2 aromatic carbocycles. The van der Waals surface area contributed by atoms with E-state index in [1.165, 1.54) is 23.2 Å². The van der Waals surface area contributed by atoms with Crippen molar-refractivity contribution in [1.29, 1.82) is 0 Å². The Bertz CT molecular complexity index is 873. The minimum absolute atomic E-state index is 0.0503. The molecular weight excluding hydrogens is 405 g/mol. The number of benzene rings is 2. The third-order valence-corrected chi connectivity index (χ3v) is 4.61. The third kappa shape index (κ3) is 3.91. The smallest absolute Gasteiger partial charge is 0.354 e. The van der Waals surface area contributed by atoms with Gasteiger partial charge in [0.05, 0.1) is 5.69 Å². The Balaban J connectivity index is 1.73. The molecule has 0 saturated carbocycles. The van der Waals surface area contributed by atoms with Gasteiger partial charge in [0.25, 0.3) is 0 Å². The lowest BCUT2D eigenvalue weighted by molar-refractivity contribution is -0.136. The fourth-order valence-corrected chi connectivity index (χ4v) is 3.00. The maximum Gasteiger partial charge on any atom is 0.354 e.